The molecule has 1 aliphatic carbocycles. The molecule has 36 heavy (non-hydrogen) atoms. The molecule has 1 aliphatic rings. The van der Waals surface area contributed by atoms with Crippen molar-refractivity contribution in [1.29, 1.82) is 0 Å². The first kappa shape index (κ1) is 23.9. The normalized spacial score (nSPS) is 14.4. The molecule has 2 heterocycles. The summed E-state index contributed by atoms with van der Waals surface area (Å²) in [6.45, 7) is 6.40. The summed E-state index contributed by atoms with van der Waals surface area (Å²) in [6, 6.07) is 25.0. The van der Waals surface area contributed by atoms with Crippen molar-refractivity contribution < 1.29 is 4.79 Å². The lowest BCUT2D eigenvalue weighted by Gasteiger charge is -2.26. The molecule has 0 atom stereocenters. The van der Waals surface area contributed by atoms with Crippen LogP contribution in [-0.4, -0.2) is 21.3 Å². The summed E-state index contributed by atoms with van der Waals surface area (Å²) in [6.07, 6.45) is 8.21. The predicted molar refractivity (Wildman–Crippen MR) is 147 cm³/mol. The Hall–Kier alpha value is -3.86. The minimum atomic E-state index is -0.216. The van der Waals surface area contributed by atoms with Crippen LogP contribution in [0.15, 0.2) is 77.9 Å². The van der Waals surface area contributed by atoms with Crippen LogP contribution in [0.3, 0.4) is 0 Å². The number of amides is 1. The Balaban J connectivity index is 1.28. The van der Waals surface area contributed by atoms with Crippen LogP contribution in [0.2, 0.25) is 0 Å². The third-order valence-corrected chi connectivity index (χ3v) is 7.37. The Kier molecular flexibility index (Phi) is 6.90. The zero-order valence-corrected chi connectivity index (χ0v) is 21.4. The van der Waals surface area contributed by atoms with Gasteiger partial charge in [0, 0.05) is 39.9 Å². The molecule has 5 rings (SSSR count). The molecule has 1 amide bonds. The fourth-order valence-corrected chi connectivity index (χ4v) is 5.54. The minimum Gasteiger partial charge on any atom is -0.345 e. The molecule has 1 saturated carbocycles. The van der Waals surface area contributed by atoms with E-state index in [1.165, 1.54) is 43.5 Å². The van der Waals surface area contributed by atoms with Gasteiger partial charge in [-0.3, -0.25) is 4.79 Å². The molecule has 5 nitrogen and oxygen atoms in total. The van der Waals surface area contributed by atoms with Crippen LogP contribution in [0.1, 0.15) is 71.1 Å². The second-order valence-corrected chi connectivity index (χ2v) is 9.80. The van der Waals surface area contributed by atoms with Crippen LogP contribution in [0.25, 0.3) is 16.9 Å². The Bertz CT molecular complexity index is 1370. The van der Waals surface area contributed by atoms with Gasteiger partial charge in [-0.1, -0.05) is 49.6 Å². The highest BCUT2D eigenvalue weighted by Gasteiger charge is 2.19. The first-order chi connectivity index (χ1) is 17.5. The zero-order chi connectivity index (χ0) is 25.1. The quantitative estimate of drug-likeness (QED) is 0.232. The molecule has 2 aromatic carbocycles. The van der Waals surface area contributed by atoms with E-state index in [1.807, 2.05) is 42.5 Å². The van der Waals surface area contributed by atoms with Crippen molar-refractivity contribution in [1.82, 2.24) is 14.6 Å². The fraction of sp³-hybridized carbons (Fsp3) is 0.290. The van der Waals surface area contributed by atoms with Crippen molar-refractivity contribution in [3.8, 4) is 16.9 Å². The molecule has 1 N–H and O–H groups in total. The van der Waals surface area contributed by atoms with Crippen LogP contribution in [0, 0.1) is 20.8 Å². The number of carbonyl (C=O) groups excluding carboxylic acids is 1. The first-order valence-corrected chi connectivity index (χ1v) is 12.9. The summed E-state index contributed by atoms with van der Waals surface area (Å²) in [4.78, 5) is 12.8. The van der Waals surface area contributed by atoms with Gasteiger partial charge in [0.15, 0.2) is 0 Å². The number of rotatable bonds is 6. The number of aromatic nitrogens is 2. The Morgan fingerprint density at radius 3 is 2.33 bits per heavy atom. The third kappa shape index (κ3) is 4.78. The van der Waals surface area contributed by atoms with E-state index in [2.05, 4.69) is 70.8 Å². The minimum absolute atomic E-state index is 0.216. The van der Waals surface area contributed by atoms with Crippen molar-refractivity contribution in [2.75, 3.05) is 0 Å². The number of nitrogens with zero attached hydrogens (tertiary/aromatic N) is 3. The molecule has 0 spiro atoms. The molecule has 184 valence electrons. The molecule has 0 radical (unpaired) electrons. The number of nitrogens with one attached hydrogen (secondary N) is 1. The van der Waals surface area contributed by atoms with E-state index in [9.17, 15) is 4.79 Å². The fourth-order valence-electron chi connectivity index (χ4n) is 5.54. The molecule has 5 heteroatoms. The molecule has 0 bridgehead atoms. The van der Waals surface area contributed by atoms with Crippen LogP contribution < -0.4 is 5.43 Å². The lowest BCUT2D eigenvalue weighted by atomic mass is 9.95. The maximum Gasteiger partial charge on any atom is 0.271 e. The smallest absolute Gasteiger partial charge is 0.271 e. The highest BCUT2D eigenvalue weighted by atomic mass is 16.2. The van der Waals surface area contributed by atoms with Gasteiger partial charge in [0.25, 0.3) is 5.91 Å². The van der Waals surface area contributed by atoms with Gasteiger partial charge in [-0.2, -0.15) is 5.10 Å². The van der Waals surface area contributed by atoms with E-state index >= 15 is 0 Å². The number of aryl methyl sites for hydroxylation is 2. The van der Waals surface area contributed by atoms with Crippen molar-refractivity contribution >= 4 is 12.1 Å². The molecule has 0 aliphatic heterocycles. The summed E-state index contributed by atoms with van der Waals surface area (Å²) in [5.74, 6) is -0.216. The van der Waals surface area contributed by atoms with E-state index < -0.39 is 0 Å². The van der Waals surface area contributed by atoms with E-state index in [0.717, 1.165) is 28.2 Å². The highest BCUT2D eigenvalue weighted by Crippen LogP contribution is 2.32. The van der Waals surface area contributed by atoms with Gasteiger partial charge in [0.1, 0.15) is 0 Å². The Labute approximate surface area is 213 Å². The molecule has 4 aromatic rings. The molecule has 0 unspecified atom stereocenters. The van der Waals surface area contributed by atoms with Gasteiger partial charge in [-0.15, -0.1) is 0 Å². The van der Waals surface area contributed by atoms with E-state index in [-0.39, 0.29) is 5.91 Å². The average molecular weight is 479 g/mol. The summed E-state index contributed by atoms with van der Waals surface area (Å²) in [5, 5.41) is 4.28. The van der Waals surface area contributed by atoms with Gasteiger partial charge in [0.05, 0.1) is 11.9 Å². The van der Waals surface area contributed by atoms with Crippen LogP contribution in [0.4, 0.5) is 0 Å². The lowest BCUT2D eigenvalue weighted by molar-refractivity contribution is 0.0955. The standard InChI is InChI=1S/C31H34N4O/c1-22-14-19-30(25-10-6-4-7-11-25)35(22)29-17-15-26(16-18-29)31(36)33-32-21-27-20-23(2)34(24(27)3)28-12-8-5-9-13-28/h4,6-7,10-11,14-21,28H,5,8-9,12-13H2,1-3H3,(H,33,36)/b32-21+. The van der Waals surface area contributed by atoms with Gasteiger partial charge < -0.3 is 9.13 Å². The molecule has 0 saturated heterocycles. The molecule has 2 aromatic heterocycles. The average Bonchev–Trinajstić information content (AvgIpc) is 3.43. The second-order valence-electron chi connectivity index (χ2n) is 9.80. The third-order valence-electron chi connectivity index (χ3n) is 7.37. The first-order valence-electron chi connectivity index (χ1n) is 12.9. The molecule has 1 fully saturated rings. The summed E-state index contributed by atoms with van der Waals surface area (Å²) < 4.78 is 4.66. The van der Waals surface area contributed by atoms with Crippen molar-refractivity contribution in [2.45, 2.75) is 58.9 Å². The number of hydrogen-bond acceptors (Lipinski definition) is 2. The maximum atomic E-state index is 12.8. The number of carbonyl (C=O) groups is 1. The molecular weight excluding hydrogens is 444 g/mol. The largest absolute Gasteiger partial charge is 0.345 e. The lowest BCUT2D eigenvalue weighted by Crippen LogP contribution is -2.18. The van der Waals surface area contributed by atoms with Gasteiger partial charge in [-0.05, 0) is 81.6 Å². The van der Waals surface area contributed by atoms with Crippen LogP contribution in [0.5, 0.6) is 0 Å². The predicted octanol–water partition coefficient (Wildman–Crippen LogP) is 7.14. The number of hydrogen-bond donors (Lipinski definition) is 1. The zero-order valence-electron chi connectivity index (χ0n) is 21.4. The Morgan fingerprint density at radius 2 is 1.61 bits per heavy atom. The number of benzene rings is 2. The Morgan fingerprint density at radius 1 is 0.889 bits per heavy atom. The highest BCUT2D eigenvalue weighted by molar-refractivity contribution is 5.95. The SMILES string of the molecule is Cc1ccc(-c2ccccc2)n1-c1ccc(C(=O)N/N=C/c2cc(C)n(C3CCCCC3)c2C)cc1. The summed E-state index contributed by atoms with van der Waals surface area (Å²) in [7, 11) is 0. The van der Waals surface area contributed by atoms with Crippen LogP contribution in [-0.2, 0) is 0 Å². The topological polar surface area (TPSA) is 51.3 Å². The maximum absolute atomic E-state index is 12.8. The van der Waals surface area contributed by atoms with E-state index in [0.29, 0.717) is 11.6 Å². The second kappa shape index (κ2) is 10.4. The van der Waals surface area contributed by atoms with Crippen molar-refractivity contribution in [3.63, 3.8) is 0 Å². The molecular formula is C31H34N4O. The summed E-state index contributed by atoms with van der Waals surface area (Å²) >= 11 is 0. The van der Waals surface area contributed by atoms with E-state index in [4.69, 9.17) is 0 Å². The number of hydrazone groups is 1. The van der Waals surface area contributed by atoms with Crippen molar-refractivity contribution in [2.24, 2.45) is 5.10 Å². The van der Waals surface area contributed by atoms with Gasteiger partial charge in [0.2, 0.25) is 0 Å². The van der Waals surface area contributed by atoms with E-state index in [1.54, 1.807) is 6.21 Å². The van der Waals surface area contributed by atoms with Crippen molar-refractivity contribution in [3.05, 3.63) is 101 Å². The monoisotopic (exact) mass is 478 g/mol. The van der Waals surface area contributed by atoms with Gasteiger partial charge >= 0.3 is 0 Å². The van der Waals surface area contributed by atoms with Gasteiger partial charge in [-0.25, -0.2) is 5.43 Å². The summed E-state index contributed by atoms with van der Waals surface area (Å²) in [5.41, 5.74) is 11.3. The van der Waals surface area contributed by atoms with Crippen LogP contribution >= 0.6 is 0 Å².